The molecule has 3 N–H and O–H groups in total. The van der Waals surface area contributed by atoms with Crippen LogP contribution in [-0.4, -0.2) is 15.0 Å². The summed E-state index contributed by atoms with van der Waals surface area (Å²) in [6, 6.07) is 10.7. The van der Waals surface area contributed by atoms with E-state index in [-0.39, 0.29) is 11.4 Å². The molecule has 0 unspecified atom stereocenters. The Balaban J connectivity index is 1.98. The van der Waals surface area contributed by atoms with Gasteiger partial charge in [-0.25, -0.2) is 13.1 Å². The van der Waals surface area contributed by atoms with E-state index in [1.165, 1.54) is 0 Å². The molecule has 0 spiro atoms. The molecule has 0 aliphatic carbocycles. The van der Waals surface area contributed by atoms with Gasteiger partial charge in [-0.05, 0) is 50.1 Å². The van der Waals surface area contributed by atoms with E-state index in [1.807, 2.05) is 32.9 Å². The summed E-state index contributed by atoms with van der Waals surface area (Å²) in [5.41, 5.74) is 10.6. The van der Waals surface area contributed by atoms with Gasteiger partial charge in [-0.2, -0.15) is 0 Å². The lowest BCUT2D eigenvalue weighted by Gasteiger charge is -2.05. The summed E-state index contributed by atoms with van der Waals surface area (Å²) in [6.07, 6.45) is 0.414. The summed E-state index contributed by atoms with van der Waals surface area (Å²) < 4.78 is 26.8. The third-order valence-electron chi connectivity index (χ3n) is 3.63. The lowest BCUT2D eigenvalue weighted by atomic mass is 10.0. The van der Waals surface area contributed by atoms with E-state index < -0.39 is 10.0 Å². The molecule has 2 rings (SSSR count). The summed E-state index contributed by atoms with van der Waals surface area (Å²) in [7, 11) is -3.49. The molecule has 0 saturated carbocycles. The first-order valence-corrected chi connectivity index (χ1v) is 9.20. The molecule has 2 aromatic rings. The Kier molecular flexibility index (Phi) is 5.66. The first-order chi connectivity index (χ1) is 11.3. The largest absolute Gasteiger partial charge is 0.398 e. The molecular formula is C19H22N2O2S. The molecular weight excluding hydrogens is 320 g/mol. The number of nitrogens with two attached hydrogens (primary N) is 1. The average molecular weight is 342 g/mol. The topological polar surface area (TPSA) is 72.2 Å². The van der Waals surface area contributed by atoms with Crippen molar-refractivity contribution in [2.24, 2.45) is 0 Å². The molecule has 0 saturated heterocycles. The maximum Gasteiger partial charge on any atom is 0.240 e. The minimum atomic E-state index is -3.49. The van der Waals surface area contributed by atoms with Gasteiger partial charge < -0.3 is 5.73 Å². The van der Waals surface area contributed by atoms with Crippen LogP contribution in [0.1, 0.15) is 28.7 Å². The zero-order valence-electron chi connectivity index (χ0n) is 14.2. The highest BCUT2D eigenvalue weighted by molar-refractivity contribution is 7.89. The monoisotopic (exact) mass is 342 g/mol. The van der Waals surface area contributed by atoms with Crippen molar-refractivity contribution in [3.63, 3.8) is 0 Å². The van der Waals surface area contributed by atoms with Crippen LogP contribution in [0.2, 0.25) is 0 Å². The van der Waals surface area contributed by atoms with Gasteiger partial charge in [0.1, 0.15) is 0 Å². The fraction of sp³-hybridized carbons (Fsp3) is 0.263. The predicted octanol–water partition coefficient (Wildman–Crippen LogP) is 2.91. The highest BCUT2D eigenvalue weighted by atomic mass is 32.2. The summed E-state index contributed by atoms with van der Waals surface area (Å²) in [6.45, 7) is 6.11. The van der Waals surface area contributed by atoms with Crippen LogP contribution in [-0.2, 0) is 10.0 Å². The first kappa shape index (κ1) is 18.1. The lowest BCUT2D eigenvalue weighted by Crippen LogP contribution is -2.24. The molecule has 0 fully saturated rings. The minimum absolute atomic E-state index is 0.258. The van der Waals surface area contributed by atoms with Crippen LogP contribution >= 0.6 is 0 Å². The van der Waals surface area contributed by atoms with Gasteiger partial charge in [0.05, 0.1) is 10.6 Å². The van der Waals surface area contributed by atoms with Gasteiger partial charge in [-0.1, -0.05) is 35.6 Å². The fourth-order valence-corrected chi connectivity index (χ4v) is 3.32. The third kappa shape index (κ3) is 4.60. The van der Waals surface area contributed by atoms with Gasteiger partial charge in [0.25, 0.3) is 0 Å². The van der Waals surface area contributed by atoms with E-state index in [0.717, 1.165) is 22.3 Å². The Morgan fingerprint density at radius 1 is 1.04 bits per heavy atom. The van der Waals surface area contributed by atoms with E-state index in [0.29, 0.717) is 12.1 Å². The van der Waals surface area contributed by atoms with Crippen LogP contribution in [0.15, 0.2) is 41.3 Å². The SMILES string of the molecule is Cc1ccc(S(=O)(=O)NCCC#Cc2cc(C)cc(C)c2N)cc1. The fourth-order valence-electron chi connectivity index (χ4n) is 2.29. The van der Waals surface area contributed by atoms with Gasteiger partial charge in [0.2, 0.25) is 10.0 Å². The van der Waals surface area contributed by atoms with Crippen molar-refractivity contribution in [1.29, 1.82) is 0 Å². The number of rotatable bonds is 4. The smallest absolute Gasteiger partial charge is 0.240 e. The molecule has 126 valence electrons. The van der Waals surface area contributed by atoms with Gasteiger partial charge in [-0.3, -0.25) is 0 Å². The van der Waals surface area contributed by atoms with Crippen molar-refractivity contribution in [3.05, 3.63) is 58.7 Å². The number of sulfonamides is 1. The summed E-state index contributed by atoms with van der Waals surface area (Å²) in [4.78, 5) is 0.264. The second kappa shape index (κ2) is 7.52. The molecule has 0 amide bonds. The standard InChI is InChI=1S/C19H22N2O2S/c1-14-7-9-18(10-8-14)24(22,23)21-11-5-4-6-17-13-15(2)12-16(3)19(17)20/h7-10,12-13,21H,5,11,20H2,1-3H3. The lowest BCUT2D eigenvalue weighted by molar-refractivity contribution is 0.582. The second-order valence-electron chi connectivity index (χ2n) is 5.81. The van der Waals surface area contributed by atoms with Crippen molar-refractivity contribution in [2.45, 2.75) is 32.1 Å². The number of nitrogens with one attached hydrogen (secondary N) is 1. The number of hydrogen-bond acceptors (Lipinski definition) is 3. The maximum absolute atomic E-state index is 12.1. The van der Waals surface area contributed by atoms with Gasteiger partial charge in [0, 0.05) is 18.5 Å². The highest BCUT2D eigenvalue weighted by Crippen LogP contribution is 2.18. The Bertz CT molecular complexity index is 889. The van der Waals surface area contributed by atoms with E-state index in [2.05, 4.69) is 16.6 Å². The Morgan fingerprint density at radius 3 is 2.38 bits per heavy atom. The molecule has 5 heteroatoms. The van der Waals surface area contributed by atoms with E-state index >= 15 is 0 Å². The molecule has 0 aliphatic rings. The van der Waals surface area contributed by atoms with Crippen LogP contribution in [0.4, 0.5) is 5.69 Å². The summed E-state index contributed by atoms with van der Waals surface area (Å²) >= 11 is 0. The number of benzene rings is 2. The second-order valence-corrected chi connectivity index (χ2v) is 7.57. The first-order valence-electron chi connectivity index (χ1n) is 7.71. The molecule has 4 nitrogen and oxygen atoms in total. The van der Waals surface area contributed by atoms with Crippen LogP contribution in [0.25, 0.3) is 0 Å². The Hall–Kier alpha value is -2.29. The number of anilines is 1. The predicted molar refractivity (Wildman–Crippen MR) is 98.2 cm³/mol. The molecule has 0 aliphatic heterocycles. The van der Waals surface area contributed by atoms with E-state index in [9.17, 15) is 8.42 Å². The Labute approximate surface area is 144 Å². The van der Waals surface area contributed by atoms with Crippen LogP contribution < -0.4 is 10.5 Å². The van der Waals surface area contributed by atoms with Crippen LogP contribution in [0.3, 0.4) is 0 Å². The van der Waals surface area contributed by atoms with E-state index in [1.54, 1.807) is 24.3 Å². The molecule has 2 aromatic carbocycles. The molecule has 0 heterocycles. The normalized spacial score (nSPS) is 11.0. The van der Waals surface area contributed by atoms with Gasteiger partial charge in [0.15, 0.2) is 0 Å². The zero-order chi connectivity index (χ0) is 17.7. The Morgan fingerprint density at radius 2 is 1.71 bits per heavy atom. The zero-order valence-corrected chi connectivity index (χ0v) is 15.0. The number of aryl methyl sites for hydroxylation is 3. The summed E-state index contributed by atoms with van der Waals surface area (Å²) in [5.74, 6) is 5.99. The maximum atomic E-state index is 12.1. The van der Waals surface area contributed by atoms with E-state index in [4.69, 9.17) is 5.73 Å². The highest BCUT2D eigenvalue weighted by Gasteiger charge is 2.12. The number of hydrogen-bond donors (Lipinski definition) is 2. The van der Waals surface area contributed by atoms with Gasteiger partial charge in [-0.15, -0.1) is 0 Å². The van der Waals surface area contributed by atoms with Gasteiger partial charge >= 0.3 is 0 Å². The quantitative estimate of drug-likeness (QED) is 0.510. The van der Waals surface area contributed by atoms with Crippen molar-refractivity contribution in [1.82, 2.24) is 4.72 Å². The van der Waals surface area contributed by atoms with Crippen molar-refractivity contribution in [2.75, 3.05) is 12.3 Å². The molecule has 0 atom stereocenters. The van der Waals surface area contributed by atoms with Crippen molar-refractivity contribution >= 4 is 15.7 Å². The molecule has 0 aromatic heterocycles. The molecule has 24 heavy (non-hydrogen) atoms. The minimum Gasteiger partial charge on any atom is -0.398 e. The van der Waals surface area contributed by atoms with Crippen LogP contribution in [0.5, 0.6) is 0 Å². The number of nitrogen functional groups attached to an aromatic ring is 1. The average Bonchev–Trinajstić information content (AvgIpc) is 2.51. The van der Waals surface area contributed by atoms with Crippen molar-refractivity contribution in [3.8, 4) is 11.8 Å². The molecule has 0 radical (unpaired) electrons. The summed E-state index contributed by atoms with van der Waals surface area (Å²) in [5, 5.41) is 0. The van der Waals surface area contributed by atoms with Crippen LogP contribution in [0, 0.1) is 32.6 Å². The molecule has 0 bridgehead atoms. The van der Waals surface area contributed by atoms with Crippen molar-refractivity contribution < 1.29 is 8.42 Å². The third-order valence-corrected chi connectivity index (χ3v) is 5.10.